The normalized spacial score (nSPS) is 13.1. The van der Waals surface area contributed by atoms with Gasteiger partial charge in [-0.15, -0.1) is 23.1 Å². The van der Waals surface area contributed by atoms with E-state index in [1.54, 1.807) is 83.8 Å². The molecule has 3 N–H and O–H groups in total. The van der Waals surface area contributed by atoms with Gasteiger partial charge < -0.3 is 25.6 Å². The Kier molecular flexibility index (Phi) is 12.1. The molecule has 50 heavy (non-hydrogen) atoms. The molecule has 1 atom stereocenters. The van der Waals surface area contributed by atoms with Gasteiger partial charge in [-0.2, -0.15) is 0 Å². The lowest BCUT2D eigenvalue weighted by molar-refractivity contribution is -0.129. The van der Waals surface area contributed by atoms with E-state index in [1.807, 2.05) is 13.0 Å². The number of carbonyl (C=O) groups is 5. The first-order valence-electron chi connectivity index (χ1n) is 15.8. The van der Waals surface area contributed by atoms with E-state index in [4.69, 9.17) is 16.3 Å². The number of hydrogen-bond donors (Lipinski definition) is 3. The Hall–Kier alpha value is -4.91. The van der Waals surface area contributed by atoms with Gasteiger partial charge in [0.05, 0.1) is 24.5 Å². The van der Waals surface area contributed by atoms with Crippen LogP contribution in [0.5, 0.6) is 0 Å². The number of esters is 1. The SMILES string of the molecule is CCC(Sc1cccc(NC(=O)/C(=C/c2ccc(Cl)cc2)NC(=O)c2ccccc2)c1)C(=O)Nc1sc2c(c1C(=O)OC)CCN(C(C)=O)C2. The molecule has 0 saturated carbocycles. The summed E-state index contributed by atoms with van der Waals surface area (Å²) in [6, 6.07) is 22.5. The van der Waals surface area contributed by atoms with E-state index in [2.05, 4.69) is 16.0 Å². The molecule has 0 fully saturated rings. The third kappa shape index (κ3) is 9.00. The van der Waals surface area contributed by atoms with Crippen molar-refractivity contribution in [3.8, 4) is 0 Å². The van der Waals surface area contributed by atoms with Gasteiger partial charge in [-0.05, 0) is 72.5 Å². The molecule has 2 heterocycles. The molecule has 1 aliphatic heterocycles. The van der Waals surface area contributed by atoms with Gasteiger partial charge in [0.15, 0.2) is 0 Å². The lowest BCUT2D eigenvalue weighted by atomic mass is 10.0. The zero-order chi connectivity index (χ0) is 35.8. The number of nitrogens with one attached hydrogen (secondary N) is 3. The minimum absolute atomic E-state index is 0.0246. The summed E-state index contributed by atoms with van der Waals surface area (Å²) in [6.07, 6.45) is 2.53. The lowest BCUT2D eigenvalue weighted by Crippen LogP contribution is -2.34. The maximum Gasteiger partial charge on any atom is 0.341 e. The van der Waals surface area contributed by atoms with Gasteiger partial charge in [0, 0.05) is 39.5 Å². The number of benzene rings is 3. The standard InChI is InChI=1S/C37H35ClN4O6S2/c1-4-30(35(46)41-36-32(37(47)48-3)28-17-18-42(22(2)43)21-31(28)50-36)49-27-12-8-11-26(20-27)39-34(45)29(19-23-13-15-25(38)16-14-23)40-33(44)24-9-6-5-7-10-24/h5-16,19-20,30H,4,17-18,21H2,1-3H3,(H,39,45)(H,40,44)(H,41,46)/b29-19-. The summed E-state index contributed by atoms with van der Waals surface area (Å²) >= 11 is 8.63. The Labute approximate surface area is 303 Å². The van der Waals surface area contributed by atoms with Gasteiger partial charge in [-0.3, -0.25) is 19.2 Å². The maximum atomic E-state index is 13.6. The predicted molar refractivity (Wildman–Crippen MR) is 197 cm³/mol. The first-order chi connectivity index (χ1) is 24.1. The summed E-state index contributed by atoms with van der Waals surface area (Å²) in [4.78, 5) is 68.2. The van der Waals surface area contributed by atoms with Crippen molar-refractivity contribution >= 4 is 81.1 Å². The number of rotatable bonds is 11. The minimum Gasteiger partial charge on any atom is -0.465 e. The summed E-state index contributed by atoms with van der Waals surface area (Å²) in [5.74, 6) is -1.88. The van der Waals surface area contributed by atoms with Crippen LogP contribution in [0, 0.1) is 0 Å². The zero-order valence-corrected chi connectivity index (χ0v) is 30.0. The topological polar surface area (TPSA) is 134 Å². The van der Waals surface area contributed by atoms with Crippen molar-refractivity contribution in [2.45, 2.75) is 43.4 Å². The number of thioether (sulfide) groups is 1. The fourth-order valence-corrected chi connectivity index (χ4v) is 7.66. The average molecular weight is 731 g/mol. The van der Waals surface area contributed by atoms with Crippen LogP contribution in [0.2, 0.25) is 5.02 Å². The minimum atomic E-state index is -0.545. The Morgan fingerprint density at radius 3 is 2.42 bits per heavy atom. The van der Waals surface area contributed by atoms with Crippen molar-refractivity contribution in [1.82, 2.24) is 10.2 Å². The predicted octanol–water partition coefficient (Wildman–Crippen LogP) is 7.01. The van der Waals surface area contributed by atoms with E-state index < -0.39 is 23.0 Å². The van der Waals surface area contributed by atoms with Gasteiger partial charge in [0.2, 0.25) is 11.8 Å². The van der Waals surface area contributed by atoms with Crippen LogP contribution in [0.4, 0.5) is 10.7 Å². The van der Waals surface area contributed by atoms with Crippen molar-refractivity contribution in [3.05, 3.63) is 117 Å². The van der Waals surface area contributed by atoms with Gasteiger partial charge >= 0.3 is 5.97 Å². The molecule has 0 spiro atoms. The number of anilines is 2. The number of methoxy groups -OCH3 is 1. The third-order valence-corrected chi connectivity index (χ3v) is 10.6. The molecule has 1 aromatic heterocycles. The van der Waals surface area contributed by atoms with Crippen LogP contribution in [0.1, 0.15) is 57.0 Å². The van der Waals surface area contributed by atoms with E-state index in [0.717, 1.165) is 15.3 Å². The van der Waals surface area contributed by atoms with Crippen LogP contribution in [-0.2, 0) is 32.1 Å². The van der Waals surface area contributed by atoms with Crippen LogP contribution in [0.25, 0.3) is 6.08 Å². The highest BCUT2D eigenvalue weighted by Gasteiger charge is 2.31. The molecule has 1 aliphatic rings. The van der Waals surface area contributed by atoms with E-state index in [1.165, 1.54) is 37.1 Å². The molecule has 0 radical (unpaired) electrons. The summed E-state index contributed by atoms with van der Waals surface area (Å²) in [6.45, 7) is 4.24. The average Bonchev–Trinajstić information content (AvgIpc) is 3.48. The molecule has 13 heteroatoms. The number of thiophene rings is 1. The number of fused-ring (bicyclic) bond motifs is 1. The van der Waals surface area contributed by atoms with Crippen molar-refractivity contribution in [2.75, 3.05) is 24.3 Å². The van der Waals surface area contributed by atoms with Crippen molar-refractivity contribution in [1.29, 1.82) is 0 Å². The molecular formula is C37H35ClN4O6S2. The molecule has 3 aromatic carbocycles. The number of hydrogen-bond acceptors (Lipinski definition) is 8. The van der Waals surface area contributed by atoms with E-state index in [9.17, 15) is 24.0 Å². The second-order valence-electron chi connectivity index (χ2n) is 11.3. The van der Waals surface area contributed by atoms with Crippen LogP contribution < -0.4 is 16.0 Å². The Bertz CT molecular complexity index is 1940. The molecule has 0 saturated heterocycles. The first kappa shape index (κ1) is 36.4. The highest BCUT2D eigenvalue weighted by atomic mass is 35.5. The van der Waals surface area contributed by atoms with Crippen LogP contribution >= 0.6 is 34.7 Å². The lowest BCUT2D eigenvalue weighted by Gasteiger charge is -2.25. The highest BCUT2D eigenvalue weighted by Crippen LogP contribution is 2.38. The Morgan fingerprint density at radius 1 is 1.00 bits per heavy atom. The molecule has 1 unspecified atom stereocenters. The number of ether oxygens (including phenoxy) is 1. The molecular weight excluding hydrogens is 696 g/mol. The monoisotopic (exact) mass is 730 g/mol. The second kappa shape index (κ2) is 16.7. The number of halogens is 1. The van der Waals surface area contributed by atoms with E-state index in [-0.39, 0.29) is 17.5 Å². The van der Waals surface area contributed by atoms with Gasteiger partial charge in [-0.25, -0.2) is 4.79 Å². The largest absolute Gasteiger partial charge is 0.465 e. The number of amides is 4. The third-order valence-electron chi connectivity index (χ3n) is 7.87. The van der Waals surface area contributed by atoms with Crippen molar-refractivity contribution in [3.63, 3.8) is 0 Å². The van der Waals surface area contributed by atoms with Crippen molar-refractivity contribution in [2.24, 2.45) is 0 Å². The first-order valence-corrected chi connectivity index (χ1v) is 17.8. The smallest absolute Gasteiger partial charge is 0.341 e. The van der Waals surface area contributed by atoms with E-state index >= 15 is 0 Å². The molecule has 4 amide bonds. The molecule has 0 aliphatic carbocycles. The highest BCUT2D eigenvalue weighted by molar-refractivity contribution is 8.00. The fraction of sp³-hybridized carbons (Fsp3) is 0.216. The zero-order valence-electron chi connectivity index (χ0n) is 27.6. The van der Waals surface area contributed by atoms with Crippen LogP contribution in [0.15, 0.2) is 89.5 Å². The van der Waals surface area contributed by atoms with Gasteiger partial charge in [-0.1, -0.05) is 54.9 Å². The summed E-state index contributed by atoms with van der Waals surface area (Å²) in [5, 5.41) is 8.92. The summed E-state index contributed by atoms with van der Waals surface area (Å²) < 4.78 is 5.05. The molecule has 4 aromatic rings. The molecule has 0 bridgehead atoms. The van der Waals surface area contributed by atoms with Crippen molar-refractivity contribution < 1.29 is 28.7 Å². The van der Waals surface area contributed by atoms with E-state index in [0.29, 0.717) is 58.3 Å². The maximum absolute atomic E-state index is 13.6. The second-order valence-corrected chi connectivity index (χ2v) is 14.1. The number of carbonyl (C=O) groups excluding carboxylic acids is 5. The molecule has 10 nitrogen and oxygen atoms in total. The molecule has 258 valence electrons. The summed E-state index contributed by atoms with van der Waals surface area (Å²) in [5.41, 5.74) is 2.66. The van der Waals surface area contributed by atoms with Crippen LogP contribution in [-0.4, -0.2) is 53.4 Å². The Balaban J connectivity index is 1.32. The van der Waals surface area contributed by atoms with Crippen LogP contribution in [0.3, 0.4) is 0 Å². The van der Waals surface area contributed by atoms with Gasteiger partial charge in [0.25, 0.3) is 11.8 Å². The Morgan fingerprint density at radius 2 is 1.74 bits per heavy atom. The quantitative estimate of drug-likeness (QED) is 0.0859. The number of nitrogens with zero attached hydrogens (tertiary/aromatic N) is 1. The molecule has 5 rings (SSSR count). The summed E-state index contributed by atoms with van der Waals surface area (Å²) in [7, 11) is 1.30. The fourth-order valence-electron chi connectivity index (χ4n) is 5.27. The van der Waals surface area contributed by atoms with Gasteiger partial charge in [0.1, 0.15) is 10.7 Å².